The number of hydrogen-bond donors (Lipinski definition) is 1. The van der Waals surface area contributed by atoms with Crippen molar-refractivity contribution in [2.75, 3.05) is 12.8 Å². The summed E-state index contributed by atoms with van der Waals surface area (Å²) < 4.78 is 23.9. The number of aromatic nitrogens is 2. The van der Waals surface area contributed by atoms with Crippen LogP contribution in [0.3, 0.4) is 0 Å². The first-order valence-electron chi connectivity index (χ1n) is 6.22. The molecule has 5 nitrogen and oxygen atoms in total. The number of nitrogens with two attached hydrogens (primary N) is 1. The Morgan fingerprint density at radius 2 is 1.86 bits per heavy atom. The highest BCUT2D eigenvalue weighted by atomic mass is 19.1. The Morgan fingerprint density at radius 1 is 1.10 bits per heavy atom. The molecule has 2 N–H and O–H groups in total. The van der Waals surface area contributed by atoms with Gasteiger partial charge in [0, 0.05) is 0 Å². The van der Waals surface area contributed by atoms with Crippen LogP contribution in [0.2, 0.25) is 0 Å². The highest BCUT2D eigenvalue weighted by Crippen LogP contribution is 2.31. The fraction of sp³-hybridized carbons (Fsp3) is 0.0667. The van der Waals surface area contributed by atoms with Crippen molar-refractivity contribution in [1.29, 1.82) is 0 Å². The molecule has 0 fully saturated rings. The highest BCUT2D eigenvalue weighted by molar-refractivity contribution is 5.72. The standard InChI is InChI=1S/C15H12FN3O2/c1-20-12-8-3-2-5-9(12)14-18-15(21-19-14)10-6-4-7-11(16)13(10)17/h2-8H,17H2,1H3. The SMILES string of the molecule is COc1ccccc1-c1noc(-c2cccc(F)c2N)n1. The number of ether oxygens (including phenoxy) is 1. The zero-order chi connectivity index (χ0) is 14.8. The first-order chi connectivity index (χ1) is 10.2. The lowest BCUT2D eigenvalue weighted by molar-refractivity contribution is 0.413. The number of rotatable bonds is 3. The van der Waals surface area contributed by atoms with Crippen LogP contribution in [-0.2, 0) is 0 Å². The largest absolute Gasteiger partial charge is 0.496 e. The van der Waals surface area contributed by atoms with Crippen LogP contribution < -0.4 is 10.5 Å². The number of para-hydroxylation sites is 2. The summed E-state index contributed by atoms with van der Waals surface area (Å²) in [5.41, 5.74) is 6.72. The Kier molecular flexibility index (Phi) is 3.27. The minimum atomic E-state index is -0.524. The first-order valence-corrected chi connectivity index (χ1v) is 6.22. The van der Waals surface area contributed by atoms with Crippen LogP contribution in [-0.4, -0.2) is 17.3 Å². The Labute approximate surface area is 120 Å². The maximum absolute atomic E-state index is 13.5. The van der Waals surface area contributed by atoms with E-state index in [0.717, 1.165) is 0 Å². The molecular formula is C15H12FN3O2. The molecule has 2 aromatic carbocycles. The molecule has 0 radical (unpaired) electrons. The molecule has 0 unspecified atom stereocenters. The van der Waals surface area contributed by atoms with Crippen molar-refractivity contribution in [1.82, 2.24) is 10.1 Å². The van der Waals surface area contributed by atoms with Gasteiger partial charge in [-0.15, -0.1) is 0 Å². The molecule has 0 bridgehead atoms. The van der Waals surface area contributed by atoms with Gasteiger partial charge in [-0.25, -0.2) is 4.39 Å². The smallest absolute Gasteiger partial charge is 0.260 e. The average molecular weight is 285 g/mol. The number of nitrogens with zero attached hydrogens (tertiary/aromatic N) is 2. The van der Waals surface area contributed by atoms with Crippen molar-refractivity contribution in [2.45, 2.75) is 0 Å². The van der Waals surface area contributed by atoms with E-state index in [1.54, 1.807) is 19.2 Å². The van der Waals surface area contributed by atoms with Crippen molar-refractivity contribution in [3.05, 3.63) is 48.3 Å². The number of halogens is 1. The molecule has 1 aromatic heterocycles. The maximum atomic E-state index is 13.5. The molecule has 0 aliphatic carbocycles. The number of hydrogen-bond acceptors (Lipinski definition) is 5. The summed E-state index contributed by atoms with van der Waals surface area (Å²) in [6.45, 7) is 0. The zero-order valence-electron chi connectivity index (χ0n) is 11.2. The first kappa shape index (κ1) is 13.1. The van der Waals surface area contributed by atoms with Crippen molar-refractivity contribution in [3.8, 4) is 28.6 Å². The van der Waals surface area contributed by atoms with Gasteiger partial charge >= 0.3 is 0 Å². The Hall–Kier alpha value is -2.89. The molecule has 0 saturated heterocycles. The predicted molar refractivity (Wildman–Crippen MR) is 76.1 cm³/mol. The molecule has 3 aromatic rings. The van der Waals surface area contributed by atoms with Crippen molar-refractivity contribution >= 4 is 5.69 Å². The Morgan fingerprint density at radius 3 is 2.67 bits per heavy atom. The lowest BCUT2D eigenvalue weighted by Gasteiger charge is -2.03. The van der Waals surface area contributed by atoms with Gasteiger partial charge in [-0.2, -0.15) is 4.98 Å². The van der Waals surface area contributed by atoms with E-state index in [1.165, 1.54) is 12.1 Å². The van der Waals surface area contributed by atoms with E-state index in [0.29, 0.717) is 22.7 Å². The van der Waals surface area contributed by atoms with E-state index in [1.807, 2.05) is 18.2 Å². The second-order valence-electron chi connectivity index (χ2n) is 4.32. The minimum absolute atomic E-state index is 0.0206. The number of benzene rings is 2. The third-order valence-electron chi connectivity index (χ3n) is 3.06. The van der Waals surface area contributed by atoms with Crippen LogP contribution in [0, 0.1) is 5.82 Å². The molecule has 1 heterocycles. The molecule has 21 heavy (non-hydrogen) atoms. The fourth-order valence-electron chi connectivity index (χ4n) is 2.00. The van der Waals surface area contributed by atoms with E-state index in [2.05, 4.69) is 10.1 Å². The third-order valence-corrected chi connectivity index (χ3v) is 3.06. The summed E-state index contributed by atoms with van der Waals surface area (Å²) in [7, 11) is 1.56. The van der Waals surface area contributed by atoms with E-state index >= 15 is 0 Å². The molecule has 0 atom stereocenters. The second kappa shape index (κ2) is 5.24. The van der Waals surface area contributed by atoms with Gasteiger partial charge < -0.3 is 15.0 Å². The van der Waals surface area contributed by atoms with Gasteiger partial charge in [0.15, 0.2) is 0 Å². The minimum Gasteiger partial charge on any atom is -0.496 e. The normalized spacial score (nSPS) is 10.6. The summed E-state index contributed by atoms with van der Waals surface area (Å²) in [4.78, 5) is 4.26. The van der Waals surface area contributed by atoms with E-state index in [9.17, 15) is 4.39 Å². The van der Waals surface area contributed by atoms with Gasteiger partial charge in [-0.05, 0) is 24.3 Å². The molecule has 6 heteroatoms. The van der Waals surface area contributed by atoms with Gasteiger partial charge in [0.05, 0.1) is 23.9 Å². The van der Waals surface area contributed by atoms with Gasteiger partial charge in [0.2, 0.25) is 5.82 Å². The lowest BCUT2D eigenvalue weighted by Crippen LogP contribution is -1.94. The number of nitrogen functional groups attached to an aromatic ring is 1. The zero-order valence-corrected chi connectivity index (χ0v) is 11.2. The van der Waals surface area contributed by atoms with Crippen LogP contribution in [0.25, 0.3) is 22.8 Å². The molecule has 0 aliphatic rings. The molecule has 0 saturated carbocycles. The molecule has 0 amide bonds. The van der Waals surface area contributed by atoms with Crippen molar-refractivity contribution in [2.24, 2.45) is 0 Å². The van der Waals surface area contributed by atoms with Crippen molar-refractivity contribution < 1.29 is 13.7 Å². The maximum Gasteiger partial charge on any atom is 0.260 e. The van der Waals surface area contributed by atoms with Crippen LogP contribution in [0.4, 0.5) is 10.1 Å². The van der Waals surface area contributed by atoms with E-state index in [-0.39, 0.29) is 11.6 Å². The predicted octanol–water partition coefficient (Wildman–Crippen LogP) is 3.13. The quantitative estimate of drug-likeness (QED) is 0.748. The number of anilines is 1. The molecule has 106 valence electrons. The summed E-state index contributed by atoms with van der Waals surface area (Å²) in [6, 6.07) is 11.7. The molecular weight excluding hydrogens is 273 g/mol. The lowest BCUT2D eigenvalue weighted by atomic mass is 10.1. The summed E-state index contributed by atoms with van der Waals surface area (Å²) in [5.74, 6) is 0.612. The van der Waals surface area contributed by atoms with Gasteiger partial charge in [-0.1, -0.05) is 23.4 Å². The van der Waals surface area contributed by atoms with E-state index in [4.69, 9.17) is 15.0 Å². The van der Waals surface area contributed by atoms with Crippen LogP contribution >= 0.6 is 0 Å². The summed E-state index contributed by atoms with van der Waals surface area (Å²) in [6.07, 6.45) is 0. The monoisotopic (exact) mass is 285 g/mol. The number of methoxy groups -OCH3 is 1. The third kappa shape index (κ3) is 2.31. The second-order valence-corrected chi connectivity index (χ2v) is 4.32. The Bertz CT molecular complexity index is 786. The summed E-state index contributed by atoms with van der Waals surface area (Å²) >= 11 is 0. The van der Waals surface area contributed by atoms with Crippen molar-refractivity contribution in [3.63, 3.8) is 0 Å². The molecule has 0 spiro atoms. The average Bonchev–Trinajstić information content (AvgIpc) is 2.99. The Balaban J connectivity index is 2.06. The molecule has 0 aliphatic heterocycles. The van der Waals surface area contributed by atoms with Gasteiger partial charge in [-0.3, -0.25) is 0 Å². The summed E-state index contributed by atoms with van der Waals surface area (Å²) in [5, 5.41) is 3.90. The molecule has 3 rings (SSSR count). The van der Waals surface area contributed by atoms with Crippen LogP contribution in [0.15, 0.2) is 47.0 Å². The van der Waals surface area contributed by atoms with Crippen LogP contribution in [0.1, 0.15) is 0 Å². The topological polar surface area (TPSA) is 74.2 Å². The fourth-order valence-corrected chi connectivity index (χ4v) is 2.00. The van der Waals surface area contributed by atoms with E-state index < -0.39 is 5.82 Å². The van der Waals surface area contributed by atoms with Crippen LogP contribution in [0.5, 0.6) is 5.75 Å². The van der Waals surface area contributed by atoms with Gasteiger partial charge in [0.1, 0.15) is 11.6 Å². The van der Waals surface area contributed by atoms with Gasteiger partial charge in [0.25, 0.3) is 5.89 Å². The highest BCUT2D eigenvalue weighted by Gasteiger charge is 2.16.